The van der Waals surface area contributed by atoms with E-state index in [1.165, 1.54) is 17.6 Å². The number of amides is 1. The molecule has 0 saturated heterocycles. The number of ether oxygens (including phenoxy) is 1. The Morgan fingerprint density at radius 3 is 2.64 bits per heavy atom. The van der Waals surface area contributed by atoms with E-state index in [4.69, 9.17) is 16.3 Å². The number of carbonyl (C=O) groups is 1. The van der Waals surface area contributed by atoms with Gasteiger partial charge in [0.05, 0.1) is 10.9 Å². The van der Waals surface area contributed by atoms with E-state index in [2.05, 4.69) is 4.98 Å². The van der Waals surface area contributed by atoms with Crippen LogP contribution < -0.4 is 4.74 Å². The monoisotopic (exact) mass is 442 g/mol. The Kier molecular flexibility index (Phi) is 6.31. The summed E-state index contributed by atoms with van der Waals surface area (Å²) in [6.45, 7) is 2.03. The first-order chi connectivity index (χ1) is 13.2. The van der Waals surface area contributed by atoms with Crippen LogP contribution in [-0.4, -0.2) is 48.8 Å². The molecule has 1 heterocycles. The van der Waals surface area contributed by atoms with Crippen molar-refractivity contribution in [3.05, 3.63) is 44.9 Å². The molecule has 0 N–H and O–H groups in total. The van der Waals surface area contributed by atoms with Crippen molar-refractivity contribution in [2.45, 2.75) is 44.1 Å². The van der Waals surface area contributed by atoms with Crippen LogP contribution in [0.25, 0.3) is 0 Å². The molecule has 0 radical (unpaired) electrons. The minimum atomic E-state index is -3.20. The summed E-state index contributed by atoms with van der Waals surface area (Å²) >= 11 is 7.15. The average molecular weight is 443 g/mol. The van der Waals surface area contributed by atoms with Crippen molar-refractivity contribution in [3.63, 3.8) is 0 Å². The number of nitrogens with zero attached hydrogens (tertiary/aromatic N) is 2. The van der Waals surface area contributed by atoms with Crippen LogP contribution in [-0.2, 0) is 16.4 Å². The second-order valence-corrected chi connectivity index (χ2v) is 10.8. The fourth-order valence-electron chi connectivity index (χ4n) is 3.55. The van der Waals surface area contributed by atoms with E-state index in [-0.39, 0.29) is 18.6 Å². The van der Waals surface area contributed by atoms with Crippen LogP contribution in [0.5, 0.6) is 5.75 Å². The number of benzene rings is 1. The van der Waals surface area contributed by atoms with Crippen molar-refractivity contribution in [2.24, 2.45) is 0 Å². The van der Waals surface area contributed by atoms with Gasteiger partial charge >= 0.3 is 0 Å². The van der Waals surface area contributed by atoms with E-state index >= 15 is 0 Å². The third kappa shape index (κ3) is 4.67. The zero-order valence-corrected chi connectivity index (χ0v) is 18.4. The second kappa shape index (κ2) is 8.39. The third-order valence-corrected chi connectivity index (χ3v) is 8.02. The maximum Gasteiger partial charge on any atom is 0.265 e. The molecule has 28 heavy (non-hydrogen) atoms. The average Bonchev–Trinajstić information content (AvgIpc) is 3.26. The highest BCUT2D eigenvalue weighted by Gasteiger charge is 2.39. The van der Waals surface area contributed by atoms with E-state index in [9.17, 15) is 13.2 Å². The van der Waals surface area contributed by atoms with Gasteiger partial charge in [0.1, 0.15) is 22.2 Å². The Balaban J connectivity index is 1.71. The van der Waals surface area contributed by atoms with Crippen molar-refractivity contribution in [2.75, 3.05) is 13.3 Å². The van der Waals surface area contributed by atoms with Gasteiger partial charge in [-0.1, -0.05) is 11.6 Å². The van der Waals surface area contributed by atoms with Crippen LogP contribution in [0.2, 0.25) is 5.02 Å². The minimum Gasteiger partial charge on any atom is -0.486 e. The van der Waals surface area contributed by atoms with Crippen LogP contribution in [0.3, 0.4) is 0 Å². The smallest absolute Gasteiger partial charge is 0.265 e. The van der Waals surface area contributed by atoms with E-state index in [0.29, 0.717) is 39.2 Å². The highest BCUT2D eigenvalue weighted by molar-refractivity contribution is 7.91. The molecule has 1 aromatic carbocycles. The summed E-state index contributed by atoms with van der Waals surface area (Å²) in [4.78, 5) is 19.5. The van der Waals surface area contributed by atoms with Crippen LogP contribution in [0.4, 0.5) is 0 Å². The molecular formula is C19H23ClN2O4S2. The molecule has 2 aromatic rings. The number of hydrogen-bond acceptors (Lipinski definition) is 6. The predicted octanol–water partition coefficient (Wildman–Crippen LogP) is 3.72. The highest BCUT2D eigenvalue weighted by Crippen LogP contribution is 2.31. The van der Waals surface area contributed by atoms with Crippen molar-refractivity contribution >= 4 is 38.7 Å². The van der Waals surface area contributed by atoms with Crippen LogP contribution >= 0.6 is 22.9 Å². The molecule has 1 aliphatic rings. The summed E-state index contributed by atoms with van der Waals surface area (Å²) in [6.07, 6.45) is 3.35. The van der Waals surface area contributed by atoms with E-state index in [1.54, 1.807) is 43.1 Å². The van der Waals surface area contributed by atoms with E-state index in [1.807, 2.05) is 0 Å². The molecular weight excluding hydrogens is 420 g/mol. The van der Waals surface area contributed by atoms with Crippen molar-refractivity contribution in [1.82, 2.24) is 9.88 Å². The topological polar surface area (TPSA) is 76.6 Å². The van der Waals surface area contributed by atoms with Crippen LogP contribution in [0, 0.1) is 6.92 Å². The number of sulfone groups is 1. The highest BCUT2D eigenvalue weighted by atomic mass is 35.5. The van der Waals surface area contributed by atoms with Gasteiger partial charge in [-0.05, 0) is 50.5 Å². The molecule has 3 rings (SSSR count). The number of aromatic nitrogens is 1. The lowest BCUT2D eigenvalue weighted by Gasteiger charge is -2.28. The molecule has 1 saturated carbocycles. The Morgan fingerprint density at radius 2 is 2.00 bits per heavy atom. The zero-order valence-electron chi connectivity index (χ0n) is 16.0. The molecule has 0 bridgehead atoms. The Bertz CT molecular complexity index is 957. The Morgan fingerprint density at radius 1 is 1.32 bits per heavy atom. The van der Waals surface area contributed by atoms with Crippen LogP contribution in [0.1, 0.15) is 39.6 Å². The molecule has 0 spiro atoms. The predicted molar refractivity (Wildman–Crippen MR) is 111 cm³/mol. The summed E-state index contributed by atoms with van der Waals surface area (Å²) in [5.41, 5.74) is 0.630. The van der Waals surface area contributed by atoms with Gasteiger partial charge in [-0.2, -0.15) is 0 Å². The van der Waals surface area contributed by atoms with Gasteiger partial charge in [-0.25, -0.2) is 13.4 Å². The Labute approximate surface area is 174 Å². The minimum absolute atomic E-state index is 0.187. The second-order valence-electron chi connectivity index (χ2n) is 7.05. The molecule has 0 unspecified atom stereocenters. The van der Waals surface area contributed by atoms with Gasteiger partial charge in [-0.3, -0.25) is 4.79 Å². The largest absolute Gasteiger partial charge is 0.486 e. The van der Waals surface area contributed by atoms with Crippen molar-refractivity contribution < 1.29 is 17.9 Å². The lowest BCUT2D eigenvalue weighted by atomic mass is 10.2. The number of aryl methyl sites for hydroxylation is 1. The van der Waals surface area contributed by atoms with Gasteiger partial charge < -0.3 is 9.64 Å². The van der Waals surface area contributed by atoms with Gasteiger partial charge in [0.2, 0.25) is 0 Å². The summed E-state index contributed by atoms with van der Waals surface area (Å²) < 4.78 is 29.8. The fourth-order valence-corrected chi connectivity index (χ4v) is 6.12. The van der Waals surface area contributed by atoms with E-state index in [0.717, 1.165) is 6.42 Å². The number of rotatable bonds is 6. The lowest BCUT2D eigenvalue weighted by Crippen LogP contribution is -2.44. The molecule has 2 atom stereocenters. The van der Waals surface area contributed by atoms with Crippen LogP contribution in [0.15, 0.2) is 24.3 Å². The molecule has 9 heteroatoms. The number of thiazole rings is 1. The maximum atomic E-state index is 13.0. The Hall–Kier alpha value is -1.64. The molecule has 152 valence electrons. The number of halogens is 1. The number of hydrogen-bond donors (Lipinski definition) is 0. The first kappa shape index (κ1) is 21.1. The summed E-state index contributed by atoms with van der Waals surface area (Å²) in [7, 11) is -1.52. The first-order valence-corrected chi connectivity index (χ1v) is 12.1. The molecule has 1 fully saturated rings. The molecule has 1 aliphatic carbocycles. The van der Waals surface area contributed by atoms with Gasteiger partial charge in [-0.15, -0.1) is 11.3 Å². The molecule has 1 aromatic heterocycles. The fraction of sp³-hybridized carbons (Fsp3) is 0.474. The zero-order chi connectivity index (χ0) is 20.5. The van der Waals surface area contributed by atoms with Gasteiger partial charge in [0, 0.05) is 24.4 Å². The summed E-state index contributed by atoms with van der Waals surface area (Å²) in [5, 5.41) is 0.824. The standard InChI is InChI=1S/C19H23ClN2O4S2/c1-12-18(19(23)22(2)15-5-4-6-16(15)28(3,24)25)27-17(21-12)11-26-14-9-7-13(20)8-10-14/h7-10,15-16H,4-6,11H2,1-3H3/t15-,16+/m1/s1. The number of carbonyl (C=O) groups excluding carboxylic acids is 1. The van der Waals surface area contributed by atoms with Gasteiger partial charge in [0.15, 0.2) is 9.84 Å². The van der Waals surface area contributed by atoms with E-state index < -0.39 is 15.1 Å². The van der Waals surface area contributed by atoms with Crippen molar-refractivity contribution in [1.29, 1.82) is 0 Å². The molecule has 0 aliphatic heterocycles. The molecule has 1 amide bonds. The quantitative estimate of drug-likeness (QED) is 0.681. The first-order valence-electron chi connectivity index (χ1n) is 8.97. The SMILES string of the molecule is Cc1nc(COc2ccc(Cl)cc2)sc1C(=O)N(C)[C@@H]1CCC[C@@H]1S(C)(=O)=O. The summed E-state index contributed by atoms with van der Waals surface area (Å²) in [5.74, 6) is 0.484. The third-order valence-electron chi connectivity index (χ3n) is 5.00. The van der Waals surface area contributed by atoms with Gasteiger partial charge in [0.25, 0.3) is 5.91 Å². The summed E-state index contributed by atoms with van der Waals surface area (Å²) in [6, 6.07) is 6.74. The maximum absolute atomic E-state index is 13.0. The molecule has 6 nitrogen and oxygen atoms in total. The normalized spacial score (nSPS) is 19.6. The van der Waals surface area contributed by atoms with Crippen molar-refractivity contribution in [3.8, 4) is 5.75 Å². The lowest BCUT2D eigenvalue weighted by molar-refractivity contribution is 0.0741.